The highest BCUT2D eigenvalue weighted by atomic mass is 35.5. The van der Waals surface area contributed by atoms with Crippen molar-refractivity contribution >= 4 is 22.9 Å². The fourth-order valence-electron chi connectivity index (χ4n) is 1.88. The number of nitrogens with one attached hydrogen (secondary N) is 1. The van der Waals surface area contributed by atoms with Gasteiger partial charge in [0.2, 0.25) is 0 Å². The van der Waals surface area contributed by atoms with Crippen molar-refractivity contribution in [1.29, 1.82) is 0 Å². The van der Waals surface area contributed by atoms with E-state index in [-0.39, 0.29) is 5.82 Å². The largest absolute Gasteiger partial charge is 0.309 e. The minimum Gasteiger partial charge on any atom is -0.309 e. The number of benzene rings is 1. The first kappa shape index (κ1) is 14.5. The lowest BCUT2D eigenvalue weighted by atomic mass is 10.2. The zero-order valence-corrected chi connectivity index (χ0v) is 12.6. The first-order valence-electron chi connectivity index (χ1n) is 6.40. The molecule has 1 aromatic heterocycles. The van der Waals surface area contributed by atoms with Crippen LogP contribution in [-0.2, 0) is 0 Å². The van der Waals surface area contributed by atoms with Crippen LogP contribution >= 0.6 is 22.9 Å². The molecule has 102 valence electrons. The molecule has 0 radical (unpaired) electrons. The van der Waals surface area contributed by atoms with E-state index in [1.165, 1.54) is 17.0 Å². The van der Waals surface area contributed by atoms with Crippen molar-refractivity contribution in [1.82, 2.24) is 5.32 Å². The maximum atomic E-state index is 13.3. The standard InChI is InChI=1S/C15H17ClFNS/c1-3-8-18-10(2)14-6-7-15(19-14)12-9-11(17)4-5-13(12)16/h4-7,9-10,18H,3,8H2,1-2H3. The van der Waals surface area contributed by atoms with Gasteiger partial charge in [-0.05, 0) is 50.2 Å². The fraction of sp³-hybridized carbons (Fsp3) is 0.333. The van der Waals surface area contributed by atoms with E-state index >= 15 is 0 Å². The number of hydrogen-bond acceptors (Lipinski definition) is 2. The molecule has 2 aromatic rings. The lowest BCUT2D eigenvalue weighted by Crippen LogP contribution is -2.18. The molecular weight excluding hydrogens is 281 g/mol. The van der Waals surface area contributed by atoms with Crippen LogP contribution in [0.1, 0.15) is 31.2 Å². The van der Waals surface area contributed by atoms with Gasteiger partial charge in [0.15, 0.2) is 0 Å². The molecule has 19 heavy (non-hydrogen) atoms. The average molecular weight is 298 g/mol. The molecule has 0 aliphatic heterocycles. The van der Waals surface area contributed by atoms with Crippen molar-refractivity contribution in [3.8, 4) is 10.4 Å². The lowest BCUT2D eigenvalue weighted by molar-refractivity contribution is 0.578. The minimum absolute atomic E-state index is 0.258. The Labute approximate surface area is 122 Å². The molecule has 1 atom stereocenters. The van der Waals surface area contributed by atoms with E-state index in [1.54, 1.807) is 17.4 Å². The van der Waals surface area contributed by atoms with Gasteiger partial charge < -0.3 is 5.32 Å². The molecule has 1 aromatic carbocycles. The van der Waals surface area contributed by atoms with Gasteiger partial charge in [0.25, 0.3) is 0 Å². The van der Waals surface area contributed by atoms with E-state index in [9.17, 15) is 4.39 Å². The van der Waals surface area contributed by atoms with Crippen LogP contribution in [0, 0.1) is 5.82 Å². The first-order valence-corrected chi connectivity index (χ1v) is 7.59. The van der Waals surface area contributed by atoms with Crippen LogP contribution in [0.2, 0.25) is 5.02 Å². The summed E-state index contributed by atoms with van der Waals surface area (Å²) in [5.74, 6) is -0.258. The molecule has 0 bridgehead atoms. The Hall–Kier alpha value is -0.900. The summed E-state index contributed by atoms with van der Waals surface area (Å²) in [6.07, 6.45) is 1.11. The van der Waals surface area contributed by atoms with E-state index in [0.29, 0.717) is 11.1 Å². The van der Waals surface area contributed by atoms with Crippen LogP contribution in [-0.4, -0.2) is 6.54 Å². The molecular formula is C15H17ClFNS. The van der Waals surface area contributed by atoms with Gasteiger partial charge in [-0.15, -0.1) is 11.3 Å². The Balaban J connectivity index is 2.23. The number of thiophene rings is 1. The second-order valence-corrected chi connectivity index (χ2v) is 6.02. The monoisotopic (exact) mass is 297 g/mol. The number of halogens is 2. The molecule has 1 nitrogen and oxygen atoms in total. The van der Waals surface area contributed by atoms with Gasteiger partial charge in [-0.3, -0.25) is 0 Å². The maximum absolute atomic E-state index is 13.3. The lowest BCUT2D eigenvalue weighted by Gasteiger charge is -2.10. The van der Waals surface area contributed by atoms with Crippen LogP contribution < -0.4 is 5.32 Å². The fourth-order valence-corrected chi connectivity index (χ4v) is 3.22. The van der Waals surface area contributed by atoms with Crippen LogP contribution in [0.15, 0.2) is 30.3 Å². The van der Waals surface area contributed by atoms with E-state index < -0.39 is 0 Å². The molecule has 0 aliphatic rings. The third-order valence-corrected chi connectivity index (χ3v) is 4.58. The summed E-state index contributed by atoms with van der Waals surface area (Å²) in [6.45, 7) is 5.28. The third-order valence-electron chi connectivity index (χ3n) is 2.95. The summed E-state index contributed by atoms with van der Waals surface area (Å²) in [5, 5.41) is 4.03. The summed E-state index contributed by atoms with van der Waals surface area (Å²) < 4.78 is 13.3. The molecule has 0 saturated carbocycles. The minimum atomic E-state index is -0.258. The predicted octanol–water partition coefficient (Wildman–Crippen LogP) is 5.27. The molecule has 1 N–H and O–H groups in total. The van der Waals surface area contributed by atoms with Gasteiger partial charge in [0.1, 0.15) is 5.82 Å². The summed E-state index contributed by atoms with van der Waals surface area (Å²) >= 11 is 7.78. The molecule has 1 heterocycles. The molecule has 0 spiro atoms. The summed E-state index contributed by atoms with van der Waals surface area (Å²) in [4.78, 5) is 2.24. The van der Waals surface area contributed by atoms with Crippen LogP contribution in [0.5, 0.6) is 0 Å². The van der Waals surface area contributed by atoms with E-state index in [4.69, 9.17) is 11.6 Å². The van der Waals surface area contributed by atoms with Gasteiger partial charge in [0, 0.05) is 26.4 Å². The van der Waals surface area contributed by atoms with Gasteiger partial charge in [-0.25, -0.2) is 4.39 Å². The van der Waals surface area contributed by atoms with Crippen molar-refractivity contribution in [2.24, 2.45) is 0 Å². The number of hydrogen-bond donors (Lipinski definition) is 1. The summed E-state index contributed by atoms with van der Waals surface area (Å²) in [6, 6.07) is 8.86. The van der Waals surface area contributed by atoms with Crippen LogP contribution in [0.4, 0.5) is 4.39 Å². The Morgan fingerprint density at radius 2 is 2.11 bits per heavy atom. The van der Waals surface area contributed by atoms with E-state index in [0.717, 1.165) is 23.4 Å². The molecule has 0 aliphatic carbocycles. The quantitative estimate of drug-likeness (QED) is 0.793. The third kappa shape index (κ3) is 3.56. The van der Waals surface area contributed by atoms with Crippen molar-refractivity contribution in [3.05, 3.63) is 46.0 Å². The molecule has 0 saturated heterocycles. The maximum Gasteiger partial charge on any atom is 0.123 e. The number of rotatable bonds is 5. The van der Waals surface area contributed by atoms with E-state index in [2.05, 4.69) is 25.2 Å². The Morgan fingerprint density at radius 1 is 1.32 bits per heavy atom. The first-order chi connectivity index (χ1) is 9.11. The molecule has 0 fully saturated rings. The van der Waals surface area contributed by atoms with Crippen molar-refractivity contribution in [3.63, 3.8) is 0 Å². The molecule has 0 amide bonds. The topological polar surface area (TPSA) is 12.0 Å². The highest BCUT2D eigenvalue weighted by Crippen LogP contribution is 2.35. The highest BCUT2D eigenvalue weighted by molar-refractivity contribution is 7.15. The summed E-state index contributed by atoms with van der Waals surface area (Å²) in [7, 11) is 0. The van der Waals surface area contributed by atoms with Crippen molar-refractivity contribution in [2.75, 3.05) is 6.54 Å². The Morgan fingerprint density at radius 3 is 2.84 bits per heavy atom. The second-order valence-electron chi connectivity index (χ2n) is 4.50. The van der Waals surface area contributed by atoms with Crippen molar-refractivity contribution in [2.45, 2.75) is 26.3 Å². The van der Waals surface area contributed by atoms with Gasteiger partial charge in [0.05, 0.1) is 0 Å². The SMILES string of the molecule is CCCNC(C)c1ccc(-c2cc(F)ccc2Cl)s1. The predicted molar refractivity (Wildman–Crippen MR) is 81.4 cm³/mol. The zero-order chi connectivity index (χ0) is 13.8. The second kappa shape index (κ2) is 6.51. The Bertz CT molecular complexity index is 553. The normalized spacial score (nSPS) is 12.6. The van der Waals surface area contributed by atoms with E-state index in [1.807, 2.05) is 6.07 Å². The van der Waals surface area contributed by atoms with Gasteiger partial charge in [-0.2, -0.15) is 0 Å². The molecule has 4 heteroatoms. The molecule has 1 unspecified atom stereocenters. The highest BCUT2D eigenvalue weighted by Gasteiger charge is 2.11. The average Bonchev–Trinajstić information content (AvgIpc) is 2.88. The van der Waals surface area contributed by atoms with Gasteiger partial charge in [-0.1, -0.05) is 18.5 Å². The van der Waals surface area contributed by atoms with Crippen LogP contribution in [0.3, 0.4) is 0 Å². The van der Waals surface area contributed by atoms with Gasteiger partial charge >= 0.3 is 0 Å². The van der Waals surface area contributed by atoms with Crippen molar-refractivity contribution < 1.29 is 4.39 Å². The smallest absolute Gasteiger partial charge is 0.123 e. The molecule has 2 rings (SSSR count). The zero-order valence-electron chi connectivity index (χ0n) is 11.0. The van der Waals surface area contributed by atoms with Crippen LogP contribution in [0.25, 0.3) is 10.4 Å². The Kier molecular flexibility index (Phi) is 4.97. The summed E-state index contributed by atoms with van der Waals surface area (Å²) in [5.41, 5.74) is 0.764.